The van der Waals surface area contributed by atoms with Crippen molar-refractivity contribution in [3.8, 4) is 0 Å². The average molecular weight is 360 g/mol. The summed E-state index contributed by atoms with van der Waals surface area (Å²) in [5.41, 5.74) is -0.403. The summed E-state index contributed by atoms with van der Waals surface area (Å²) in [5.74, 6) is -0.406. The highest BCUT2D eigenvalue weighted by Crippen LogP contribution is 2.39. The quantitative estimate of drug-likeness (QED) is 0.539. The lowest BCUT2D eigenvalue weighted by Gasteiger charge is -2.27. The van der Waals surface area contributed by atoms with Crippen LogP contribution in [-0.2, 0) is 24.5 Å². The van der Waals surface area contributed by atoms with E-state index in [2.05, 4.69) is 5.32 Å². The van der Waals surface area contributed by atoms with Crippen molar-refractivity contribution in [3.63, 3.8) is 0 Å². The van der Waals surface area contributed by atoms with Gasteiger partial charge in [-0.25, -0.2) is 0 Å². The molecule has 2 rings (SSSR count). The summed E-state index contributed by atoms with van der Waals surface area (Å²) in [7, 11) is 1.58. The molecule has 1 aliphatic rings. The number of methoxy groups -OCH3 is 1. The fourth-order valence-electron chi connectivity index (χ4n) is 3.27. The molecule has 0 unspecified atom stereocenters. The Bertz CT molecular complexity index is 644. The zero-order chi connectivity index (χ0) is 19.2. The number of carbonyl (C=O) groups is 3. The number of amides is 3. The largest absolute Gasteiger partial charge is 0.385 e. The van der Waals surface area contributed by atoms with E-state index in [0.717, 1.165) is 0 Å². The molecule has 0 radical (unpaired) electrons. The van der Waals surface area contributed by atoms with Crippen LogP contribution >= 0.6 is 0 Å². The van der Waals surface area contributed by atoms with Gasteiger partial charge >= 0.3 is 0 Å². The van der Waals surface area contributed by atoms with Gasteiger partial charge in [-0.05, 0) is 17.9 Å². The standard InChI is InChI=1S/C20H28N2O4/c1-15(2)14-21-17(23)12-20(16-8-5-4-6-9-16)13-18(24)22(19(20)25)10-7-11-26-3/h4-6,8-9,15H,7,10-14H2,1-3H3,(H,21,23)/t20-/m1/s1. The molecule has 1 aromatic rings. The molecule has 1 fully saturated rings. The number of benzene rings is 1. The van der Waals surface area contributed by atoms with E-state index in [-0.39, 0.29) is 30.6 Å². The highest BCUT2D eigenvalue weighted by molar-refractivity contribution is 6.10. The predicted octanol–water partition coefficient (Wildman–Crippen LogP) is 1.88. The molecule has 0 bridgehead atoms. The first-order valence-electron chi connectivity index (χ1n) is 9.06. The Morgan fingerprint density at radius 1 is 1.27 bits per heavy atom. The second-order valence-electron chi connectivity index (χ2n) is 7.20. The first-order chi connectivity index (χ1) is 12.4. The van der Waals surface area contributed by atoms with Gasteiger partial charge in [-0.1, -0.05) is 44.2 Å². The first-order valence-corrected chi connectivity index (χ1v) is 9.06. The fourth-order valence-corrected chi connectivity index (χ4v) is 3.27. The van der Waals surface area contributed by atoms with Crippen LogP contribution in [0, 0.1) is 5.92 Å². The molecule has 6 heteroatoms. The van der Waals surface area contributed by atoms with Crippen LogP contribution in [0.4, 0.5) is 0 Å². The Morgan fingerprint density at radius 2 is 1.96 bits per heavy atom. The van der Waals surface area contributed by atoms with Gasteiger partial charge in [0, 0.05) is 39.6 Å². The van der Waals surface area contributed by atoms with Gasteiger partial charge in [0.25, 0.3) is 0 Å². The Hall–Kier alpha value is -2.21. The average Bonchev–Trinajstić information content (AvgIpc) is 2.86. The van der Waals surface area contributed by atoms with E-state index in [0.29, 0.717) is 37.6 Å². The maximum absolute atomic E-state index is 13.2. The Kier molecular flexibility index (Phi) is 6.91. The lowest BCUT2D eigenvalue weighted by Crippen LogP contribution is -2.43. The maximum Gasteiger partial charge on any atom is 0.240 e. The van der Waals surface area contributed by atoms with Crippen LogP contribution < -0.4 is 5.32 Å². The van der Waals surface area contributed by atoms with Crippen molar-refractivity contribution in [1.29, 1.82) is 0 Å². The van der Waals surface area contributed by atoms with Crippen molar-refractivity contribution >= 4 is 17.7 Å². The van der Waals surface area contributed by atoms with E-state index in [1.54, 1.807) is 7.11 Å². The summed E-state index contributed by atoms with van der Waals surface area (Å²) < 4.78 is 5.01. The summed E-state index contributed by atoms with van der Waals surface area (Å²) >= 11 is 0. The van der Waals surface area contributed by atoms with Crippen molar-refractivity contribution in [2.45, 2.75) is 38.5 Å². The molecule has 1 N–H and O–H groups in total. The number of nitrogens with one attached hydrogen (secondary N) is 1. The molecule has 0 aromatic heterocycles. The third-order valence-corrected chi connectivity index (χ3v) is 4.63. The van der Waals surface area contributed by atoms with Crippen LogP contribution in [0.2, 0.25) is 0 Å². The third kappa shape index (κ3) is 4.49. The number of carbonyl (C=O) groups excluding carboxylic acids is 3. The molecule has 1 heterocycles. The Labute approximate surface area is 154 Å². The fraction of sp³-hybridized carbons (Fsp3) is 0.550. The molecular weight excluding hydrogens is 332 g/mol. The number of ether oxygens (including phenoxy) is 1. The van der Waals surface area contributed by atoms with Gasteiger partial charge in [0.05, 0.1) is 5.41 Å². The molecule has 1 aromatic carbocycles. The molecule has 0 spiro atoms. The van der Waals surface area contributed by atoms with E-state index in [4.69, 9.17) is 4.74 Å². The maximum atomic E-state index is 13.2. The molecule has 1 atom stereocenters. The molecule has 142 valence electrons. The minimum Gasteiger partial charge on any atom is -0.385 e. The number of nitrogens with zero attached hydrogens (tertiary/aromatic N) is 1. The zero-order valence-corrected chi connectivity index (χ0v) is 15.8. The summed E-state index contributed by atoms with van der Waals surface area (Å²) in [5, 5.41) is 2.87. The van der Waals surface area contributed by atoms with Crippen LogP contribution in [0.15, 0.2) is 30.3 Å². The van der Waals surface area contributed by atoms with Crippen molar-refractivity contribution in [2.75, 3.05) is 26.8 Å². The first kappa shape index (κ1) is 20.1. The molecule has 3 amide bonds. The van der Waals surface area contributed by atoms with Crippen molar-refractivity contribution in [2.24, 2.45) is 5.92 Å². The minimum absolute atomic E-state index is 0.0188. The Morgan fingerprint density at radius 3 is 2.58 bits per heavy atom. The van der Waals surface area contributed by atoms with E-state index in [1.807, 2.05) is 44.2 Å². The van der Waals surface area contributed by atoms with Crippen LogP contribution in [0.1, 0.15) is 38.7 Å². The highest BCUT2D eigenvalue weighted by Gasteiger charge is 2.53. The monoisotopic (exact) mass is 360 g/mol. The van der Waals surface area contributed by atoms with Crippen LogP contribution in [0.3, 0.4) is 0 Å². The number of imide groups is 1. The smallest absolute Gasteiger partial charge is 0.240 e. The van der Waals surface area contributed by atoms with Crippen molar-refractivity contribution < 1.29 is 19.1 Å². The second kappa shape index (κ2) is 8.94. The third-order valence-electron chi connectivity index (χ3n) is 4.63. The summed E-state index contributed by atoms with van der Waals surface area (Å²) in [6, 6.07) is 9.15. The van der Waals surface area contributed by atoms with Gasteiger partial charge in [-0.15, -0.1) is 0 Å². The van der Waals surface area contributed by atoms with Crippen molar-refractivity contribution in [1.82, 2.24) is 10.2 Å². The summed E-state index contributed by atoms with van der Waals surface area (Å²) in [6.45, 7) is 5.35. The molecule has 26 heavy (non-hydrogen) atoms. The number of likely N-dealkylation sites (tertiary alicyclic amines) is 1. The normalized spacial score (nSPS) is 20.1. The van der Waals surface area contributed by atoms with E-state index in [1.165, 1.54) is 4.90 Å². The molecule has 0 saturated carbocycles. The molecule has 1 saturated heterocycles. The van der Waals surface area contributed by atoms with Gasteiger partial charge in [-0.2, -0.15) is 0 Å². The van der Waals surface area contributed by atoms with Gasteiger partial charge in [0.1, 0.15) is 0 Å². The summed E-state index contributed by atoms with van der Waals surface area (Å²) in [6.07, 6.45) is 0.589. The number of rotatable bonds is 9. The van der Waals surface area contributed by atoms with Gasteiger partial charge < -0.3 is 10.1 Å². The van der Waals surface area contributed by atoms with Crippen LogP contribution in [0.5, 0.6) is 0 Å². The van der Waals surface area contributed by atoms with Crippen molar-refractivity contribution in [3.05, 3.63) is 35.9 Å². The van der Waals surface area contributed by atoms with Gasteiger partial charge in [0.15, 0.2) is 0 Å². The van der Waals surface area contributed by atoms with Gasteiger partial charge in [0.2, 0.25) is 17.7 Å². The van der Waals surface area contributed by atoms with E-state index >= 15 is 0 Å². The topological polar surface area (TPSA) is 75.7 Å². The molecule has 0 aliphatic carbocycles. The molecular formula is C20H28N2O4. The molecule has 6 nitrogen and oxygen atoms in total. The van der Waals surface area contributed by atoms with E-state index in [9.17, 15) is 14.4 Å². The minimum atomic E-state index is -1.12. The lowest BCUT2D eigenvalue weighted by molar-refractivity contribution is -0.141. The van der Waals surface area contributed by atoms with Crippen LogP contribution in [0.25, 0.3) is 0 Å². The highest BCUT2D eigenvalue weighted by atomic mass is 16.5. The molecule has 1 aliphatic heterocycles. The van der Waals surface area contributed by atoms with Gasteiger partial charge in [-0.3, -0.25) is 19.3 Å². The Balaban J connectivity index is 2.26. The van der Waals surface area contributed by atoms with E-state index < -0.39 is 5.41 Å². The number of hydrogen-bond acceptors (Lipinski definition) is 4. The van der Waals surface area contributed by atoms with Crippen LogP contribution in [-0.4, -0.2) is 49.4 Å². The predicted molar refractivity (Wildman–Crippen MR) is 98.4 cm³/mol. The second-order valence-corrected chi connectivity index (χ2v) is 7.20. The summed E-state index contributed by atoms with van der Waals surface area (Å²) in [4.78, 5) is 39.5. The lowest BCUT2D eigenvalue weighted by atomic mass is 9.75. The number of hydrogen-bond donors (Lipinski definition) is 1. The zero-order valence-electron chi connectivity index (χ0n) is 15.8. The SMILES string of the molecule is COCCCN1C(=O)C[C@](CC(=O)NCC(C)C)(c2ccccc2)C1=O.